The number of nitrogens with zero attached hydrogens (tertiary/aromatic N) is 3. The molecule has 2 atom stereocenters. The summed E-state index contributed by atoms with van der Waals surface area (Å²) in [4.78, 5) is 51.0. The minimum atomic E-state index is -1.50. The summed E-state index contributed by atoms with van der Waals surface area (Å²) in [5, 5.41) is 16.3. The van der Waals surface area contributed by atoms with E-state index in [9.17, 15) is 28.7 Å². The molecule has 0 unspecified atom stereocenters. The number of anilines is 1. The first-order valence-corrected chi connectivity index (χ1v) is 13.3. The zero-order chi connectivity index (χ0) is 28.7. The van der Waals surface area contributed by atoms with E-state index >= 15 is 4.39 Å². The van der Waals surface area contributed by atoms with Crippen molar-refractivity contribution >= 4 is 62.4 Å². The topological polar surface area (TPSA) is 122 Å². The van der Waals surface area contributed by atoms with Crippen molar-refractivity contribution < 1.29 is 33.1 Å². The van der Waals surface area contributed by atoms with Crippen LogP contribution in [0.3, 0.4) is 0 Å². The van der Waals surface area contributed by atoms with Crippen molar-refractivity contribution in [3.05, 3.63) is 69.9 Å². The molecule has 2 aromatic heterocycles. The van der Waals surface area contributed by atoms with Crippen LogP contribution in [0, 0.1) is 5.82 Å². The molecule has 206 valence electrons. The van der Waals surface area contributed by atoms with E-state index in [1.165, 1.54) is 35.9 Å². The summed E-state index contributed by atoms with van der Waals surface area (Å²) in [5.74, 6) is -3.80. The van der Waals surface area contributed by atoms with Gasteiger partial charge in [0.05, 0.1) is 22.4 Å². The fourth-order valence-corrected chi connectivity index (χ4v) is 5.94. The molecule has 0 radical (unpaired) electrons. The predicted octanol–water partition coefficient (Wildman–Crippen LogP) is 5.04. The predicted molar refractivity (Wildman–Crippen MR) is 145 cm³/mol. The monoisotopic (exact) mass is 586 g/mol. The maximum Gasteiger partial charge on any atom is 0.345 e. The highest BCUT2D eigenvalue weighted by atomic mass is 35.5. The Hall–Kier alpha value is -4.16. The molecule has 1 saturated heterocycles. The van der Waals surface area contributed by atoms with Gasteiger partial charge in [-0.2, -0.15) is 5.10 Å². The van der Waals surface area contributed by atoms with Crippen LogP contribution >= 0.6 is 22.9 Å². The summed E-state index contributed by atoms with van der Waals surface area (Å²) in [7, 11) is 0. The number of benzene rings is 2. The van der Waals surface area contributed by atoms with Gasteiger partial charge in [-0.15, -0.1) is 11.3 Å². The third kappa shape index (κ3) is 5.07. The lowest BCUT2D eigenvalue weighted by Gasteiger charge is -2.24. The molecule has 1 aliphatic heterocycles. The van der Waals surface area contributed by atoms with E-state index in [1.54, 1.807) is 24.3 Å². The summed E-state index contributed by atoms with van der Waals surface area (Å²) >= 11 is 7.06. The number of carbonyl (C=O) groups excluding carboxylic acids is 3. The number of likely N-dealkylation sites (tertiary alicyclic amines) is 1. The summed E-state index contributed by atoms with van der Waals surface area (Å²) in [6, 6.07) is 11.1. The number of rotatable bonds is 7. The number of aromatic nitrogens is 2. The molecule has 2 N–H and O–H groups in total. The molecular formula is C27H21ClF2N4O5S. The molecule has 9 nitrogen and oxygen atoms in total. The second-order valence-electron chi connectivity index (χ2n) is 9.22. The highest BCUT2D eigenvalue weighted by Gasteiger charge is 2.40. The lowest BCUT2D eigenvalue weighted by Crippen LogP contribution is -2.44. The number of carboxylic acid groups (broad SMARTS) is 1. The number of aromatic carboxylic acids is 1. The lowest BCUT2D eigenvalue weighted by molar-refractivity contribution is -0.137. The van der Waals surface area contributed by atoms with Crippen LogP contribution in [0.4, 0.5) is 14.5 Å². The van der Waals surface area contributed by atoms with Crippen molar-refractivity contribution in [1.29, 1.82) is 0 Å². The van der Waals surface area contributed by atoms with Gasteiger partial charge in [-0.05, 0) is 18.2 Å². The van der Waals surface area contributed by atoms with Gasteiger partial charge in [0, 0.05) is 29.5 Å². The first-order chi connectivity index (χ1) is 19.0. The van der Waals surface area contributed by atoms with Crippen molar-refractivity contribution in [2.24, 2.45) is 0 Å². The fourth-order valence-electron chi connectivity index (χ4n) is 4.68. The molecule has 2 amide bonds. The van der Waals surface area contributed by atoms with Crippen LogP contribution in [0.15, 0.2) is 48.5 Å². The van der Waals surface area contributed by atoms with Crippen LogP contribution in [0.25, 0.3) is 21.3 Å². The minimum Gasteiger partial charge on any atom is -0.477 e. The Morgan fingerprint density at radius 1 is 1.15 bits per heavy atom. The van der Waals surface area contributed by atoms with Crippen LogP contribution in [0.2, 0.25) is 5.02 Å². The zero-order valence-electron chi connectivity index (χ0n) is 20.9. The number of nitrogens with one attached hydrogen (secondary N) is 1. The number of carboxylic acids is 1. The van der Waals surface area contributed by atoms with E-state index in [2.05, 4.69) is 10.4 Å². The van der Waals surface area contributed by atoms with E-state index in [4.69, 9.17) is 11.6 Å². The molecule has 40 heavy (non-hydrogen) atoms. The van der Waals surface area contributed by atoms with Gasteiger partial charge in [0.15, 0.2) is 11.6 Å². The first-order valence-electron chi connectivity index (χ1n) is 12.1. The third-order valence-corrected chi connectivity index (χ3v) is 8.00. The van der Waals surface area contributed by atoms with Crippen molar-refractivity contribution in [2.45, 2.75) is 32.1 Å². The quantitative estimate of drug-likeness (QED) is 0.293. The number of ketones is 1. The van der Waals surface area contributed by atoms with Gasteiger partial charge in [0.1, 0.15) is 29.3 Å². The largest absolute Gasteiger partial charge is 0.477 e. The van der Waals surface area contributed by atoms with Crippen LogP contribution in [0.5, 0.6) is 0 Å². The molecular weight excluding hydrogens is 566 g/mol. The van der Waals surface area contributed by atoms with Gasteiger partial charge in [0.2, 0.25) is 11.8 Å². The van der Waals surface area contributed by atoms with Gasteiger partial charge >= 0.3 is 5.97 Å². The summed E-state index contributed by atoms with van der Waals surface area (Å²) in [5.41, 5.74) is 0.696. The Morgan fingerprint density at radius 3 is 2.58 bits per heavy atom. The van der Waals surface area contributed by atoms with E-state index in [0.717, 1.165) is 16.2 Å². The molecule has 13 heteroatoms. The van der Waals surface area contributed by atoms with Gasteiger partial charge < -0.3 is 15.3 Å². The van der Waals surface area contributed by atoms with E-state index < -0.39 is 48.1 Å². The standard InChI is InChI=1S/C27H21ClF2N4O5S/c1-13(35)24-25-19(10-21(40-25)27(38)39)34(32-24)12-22(36)33-11-14(29)9-20(33)26(37)31-18-8-4-6-16(23(18)30)15-5-2-3-7-17(15)28/h2-8,10,14,20H,9,11-12H2,1H3,(H,31,37)(H,38,39)/t14-,20+/m1/s1. The van der Waals surface area contributed by atoms with Crippen LogP contribution < -0.4 is 5.32 Å². The minimum absolute atomic E-state index is 0.00765. The second kappa shape index (κ2) is 10.8. The summed E-state index contributed by atoms with van der Waals surface area (Å²) in [6.07, 6.45) is -1.79. The van der Waals surface area contributed by atoms with E-state index in [-0.39, 0.29) is 40.3 Å². The molecule has 5 rings (SSSR count). The SMILES string of the molecule is CC(=O)c1nn(CC(=O)N2C[C@H](F)C[C@H]2C(=O)Nc2cccc(-c3ccccc3Cl)c2F)c2cc(C(=O)O)sc12. The molecule has 1 fully saturated rings. The number of carbonyl (C=O) groups is 4. The van der Waals surface area contributed by atoms with Crippen LogP contribution in [-0.4, -0.2) is 62.1 Å². The average Bonchev–Trinajstić information content (AvgIpc) is 3.60. The smallest absolute Gasteiger partial charge is 0.345 e. The number of alkyl halides is 1. The number of fused-ring (bicyclic) bond motifs is 1. The van der Waals surface area contributed by atoms with E-state index in [1.807, 2.05) is 0 Å². The number of thiophene rings is 1. The Balaban J connectivity index is 1.39. The molecule has 2 aromatic carbocycles. The Morgan fingerprint density at radius 2 is 1.88 bits per heavy atom. The fraction of sp³-hybridized carbons (Fsp3) is 0.222. The van der Waals surface area contributed by atoms with Crippen LogP contribution in [-0.2, 0) is 16.1 Å². The average molecular weight is 587 g/mol. The Labute approximate surface area is 235 Å². The van der Waals surface area contributed by atoms with Gasteiger partial charge in [-0.3, -0.25) is 19.1 Å². The molecule has 3 heterocycles. The third-order valence-electron chi connectivity index (χ3n) is 6.55. The number of hydrogen-bond acceptors (Lipinski definition) is 6. The summed E-state index contributed by atoms with van der Waals surface area (Å²) in [6.45, 7) is 0.433. The molecule has 4 aromatic rings. The summed E-state index contributed by atoms with van der Waals surface area (Å²) < 4.78 is 31.3. The molecule has 0 saturated carbocycles. The number of hydrogen-bond donors (Lipinski definition) is 2. The highest BCUT2D eigenvalue weighted by molar-refractivity contribution is 7.21. The van der Waals surface area contributed by atoms with Crippen molar-refractivity contribution in [2.75, 3.05) is 11.9 Å². The molecule has 0 spiro atoms. The van der Waals surface area contributed by atoms with Crippen molar-refractivity contribution in [3.8, 4) is 11.1 Å². The molecule has 0 bridgehead atoms. The number of amides is 2. The van der Waals surface area contributed by atoms with Gasteiger partial charge in [-0.25, -0.2) is 13.6 Å². The zero-order valence-corrected chi connectivity index (χ0v) is 22.4. The number of halogens is 3. The second-order valence-corrected chi connectivity index (χ2v) is 10.7. The lowest BCUT2D eigenvalue weighted by atomic mass is 10.0. The molecule has 1 aliphatic rings. The van der Waals surface area contributed by atoms with Crippen molar-refractivity contribution in [1.82, 2.24) is 14.7 Å². The van der Waals surface area contributed by atoms with E-state index in [0.29, 0.717) is 15.3 Å². The van der Waals surface area contributed by atoms with Crippen molar-refractivity contribution in [3.63, 3.8) is 0 Å². The Bertz CT molecular complexity index is 1690. The number of Topliss-reactive ketones (excluding diaryl/α,β-unsaturated/α-hetero) is 1. The first kappa shape index (κ1) is 27.4. The maximum absolute atomic E-state index is 15.4. The maximum atomic E-state index is 15.4. The Kier molecular flexibility index (Phi) is 7.39. The van der Waals surface area contributed by atoms with Gasteiger partial charge in [0.25, 0.3) is 0 Å². The highest BCUT2D eigenvalue weighted by Crippen LogP contribution is 2.34. The normalized spacial score (nSPS) is 16.9. The van der Waals surface area contributed by atoms with Crippen LogP contribution in [0.1, 0.15) is 33.5 Å². The van der Waals surface area contributed by atoms with Gasteiger partial charge in [-0.1, -0.05) is 41.9 Å². The molecule has 0 aliphatic carbocycles.